The van der Waals surface area contributed by atoms with Gasteiger partial charge in [0.05, 0.1) is 6.26 Å². The molecule has 7 heteroatoms. The molecule has 1 aromatic heterocycles. The summed E-state index contributed by atoms with van der Waals surface area (Å²) in [4.78, 5) is 37.5. The summed E-state index contributed by atoms with van der Waals surface area (Å²) in [7, 11) is 0. The van der Waals surface area contributed by atoms with E-state index in [1.807, 2.05) is 30.3 Å². The van der Waals surface area contributed by atoms with E-state index in [0.717, 1.165) is 18.4 Å². The van der Waals surface area contributed by atoms with Crippen LogP contribution in [0.3, 0.4) is 0 Å². The zero-order valence-corrected chi connectivity index (χ0v) is 18.0. The van der Waals surface area contributed by atoms with Gasteiger partial charge in [0.25, 0.3) is 11.8 Å². The number of furan rings is 1. The second kappa shape index (κ2) is 10.8. The first kappa shape index (κ1) is 22.6. The lowest BCUT2D eigenvalue weighted by molar-refractivity contribution is -0.150. The molecule has 0 spiro atoms. The Hall–Kier alpha value is -3.09. The van der Waals surface area contributed by atoms with Gasteiger partial charge < -0.3 is 19.8 Å². The number of rotatable bonds is 8. The van der Waals surface area contributed by atoms with Gasteiger partial charge in [-0.15, -0.1) is 0 Å². The van der Waals surface area contributed by atoms with Gasteiger partial charge in [-0.2, -0.15) is 0 Å². The molecule has 0 bridgehead atoms. The lowest BCUT2D eigenvalue weighted by Gasteiger charge is -2.34. The number of ether oxygens (including phenoxy) is 1. The summed E-state index contributed by atoms with van der Waals surface area (Å²) in [5, 5.41) is 5.63. The van der Waals surface area contributed by atoms with Gasteiger partial charge in [0.15, 0.2) is 12.4 Å². The molecule has 1 aliphatic carbocycles. The monoisotopic (exact) mass is 426 g/mol. The number of benzene rings is 1. The van der Waals surface area contributed by atoms with Crippen LogP contribution in [-0.4, -0.2) is 36.5 Å². The lowest BCUT2D eigenvalue weighted by atomic mass is 9.78. The van der Waals surface area contributed by atoms with Crippen LogP contribution >= 0.6 is 0 Å². The molecule has 0 aliphatic heterocycles. The van der Waals surface area contributed by atoms with E-state index in [4.69, 9.17) is 9.15 Å². The van der Waals surface area contributed by atoms with E-state index < -0.39 is 17.9 Å². The van der Waals surface area contributed by atoms with Gasteiger partial charge in [-0.05, 0) is 36.0 Å². The van der Waals surface area contributed by atoms with Gasteiger partial charge in [-0.3, -0.25) is 9.59 Å². The Morgan fingerprint density at radius 2 is 1.87 bits per heavy atom. The number of carbonyl (C=O) groups is 3. The van der Waals surface area contributed by atoms with Crippen molar-refractivity contribution in [2.45, 2.75) is 51.6 Å². The predicted octanol–water partition coefficient (Wildman–Crippen LogP) is 3.10. The molecule has 1 saturated carbocycles. The molecule has 3 rings (SSSR count). The average Bonchev–Trinajstić information content (AvgIpc) is 3.31. The molecular formula is C24H30N2O5. The minimum atomic E-state index is -0.943. The van der Waals surface area contributed by atoms with Crippen LogP contribution in [0.4, 0.5) is 0 Å². The van der Waals surface area contributed by atoms with Crippen molar-refractivity contribution in [3.63, 3.8) is 0 Å². The quantitative estimate of drug-likeness (QED) is 0.632. The lowest BCUT2D eigenvalue weighted by Crippen LogP contribution is -2.47. The minimum absolute atomic E-state index is 0.0914. The summed E-state index contributed by atoms with van der Waals surface area (Å²) in [6.45, 7) is 3.96. The fraction of sp³-hybridized carbons (Fsp3) is 0.458. The molecule has 0 saturated heterocycles. The summed E-state index contributed by atoms with van der Waals surface area (Å²) in [5.74, 6) is -0.471. The smallest absolute Gasteiger partial charge is 0.329 e. The van der Waals surface area contributed by atoms with Gasteiger partial charge in [-0.1, -0.05) is 57.0 Å². The van der Waals surface area contributed by atoms with Crippen LogP contribution < -0.4 is 10.6 Å². The molecular weight excluding hydrogens is 396 g/mol. The molecule has 7 nitrogen and oxygen atoms in total. The SMILES string of the molecule is C[C@H]1[C@@H](NC(=O)COC(=O)[C@H](Cc2ccccc2)NC(=O)c2ccco2)CCC[C@@H]1C. The first-order chi connectivity index (χ1) is 14.9. The van der Waals surface area contributed by atoms with Crippen LogP contribution in [-0.2, 0) is 20.7 Å². The van der Waals surface area contributed by atoms with Gasteiger partial charge >= 0.3 is 5.97 Å². The number of amides is 2. The van der Waals surface area contributed by atoms with E-state index in [2.05, 4.69) is 24.5 Å². The minimum Gasteiger partial charge on any atom is -0.459 e. The standard InChI is InChI=1S/C24H30N2O5/c1-16-8-6-11-19(17(16)2)25-22(27)15-31-24(29)20(14-18-9-4-3-5-10-18)26-23(28)21-12-7-13-30-21/h3-5,7,9-10,12-13,16-17,19-20H,6,8,11,14-15H2,1-2H3,(H,25,27)(H,26,28)/t16-,17+,19-,20-/m0/s1. The van der Waals surface area contributed by atoms with Crippen LogP contribution in [0.2, 0.25) is 0 Å². The molecule has 4 atom stereocenters. The number of hydrogen-bond acceptors (Lipinski definition) is 5. The Morgan fingerprint density at radius 1 is 1.10 bits per heavy atom. The van der Waals surface area contributed by atoms with Crippen molar-refractivity contribution >= 4 is 17.8 Å². The van der Waals surface area contributed by atoms with Crippen LogP contribution in [0, 0.1) is 11.8 Å². The van der Waals surface area contributed by atoms with E-state index in [1.54, 1.807) is 6.07 Å². The molecule has 1 aromatic carbocycles. The molecule has 166 valence electrons. The molecule has 0 radical (unpaired) electrons. The van der Waals surface area contributed by atoms with Gasteiger partial charge in [0.2, 0.25) is 0 Å². The van der Waals surface area contributed by atoms with Crippen molar-refractivity contribution in [2.75, 3.05) is 6.61 Å². The van der Waals surface area contributed by atoms with Crippen molar-refractivity contribution in [1.29, 1.82) is 0 Å². The number of esters is 1. The molecule has 2 amide bonds. The van der Waals surface area contributed by atoms with Crippen molar-refractivity contribution < 1.29 is 23.5 Å². The molecule has 31 heavy (non-hydrogen) atoms. The van der Waals surface area contributed by atoms with Gasteiger partial charge in [0.1, 0.15) is 6.04 Å². The van der Waals surface area contributed by atoms with Crippen LogP contribution in [0.25, 0.3) is 0 Å². The Bertz CT molecular complexity index is 865. The summed E-state index contributed by atoms with van der Waals surface area (Å²) < 4.78 is 10.4. The van der Waals surface area contributed by atoms with E-state index in [9.17, 15) is 14.4 Å². The molecule has 1 heterocycles. The highest BCUT2D eigenvalue weighted by Crippen LogP contribution is 2.29. The third-order valence-corrected chi connectivity index (χ3v) is 6.02. The molecule has 1 aliphatic rings. The van der Waals surface area contributed by atoms with E-state index in [0.29, 0.717) is 11.8 Å². The highest BCUT2D eigenvalue weighted by atomic mass is 16.5. The molecule has 2 N–H and O–H groups in total. The maximum absolute atomic E-state index is 12.7. The van der Waals surface area contributed by atoms with Crippen molar-refractivity contribution in [1.82, 2.24) is 10.6 Å². The van der Waals surface area contributed by atoms with Crippen molar-refractivity contribution in [3.8, 4) is 0 Å². The second-order valence-corrected chi connectivity index (χ2v) is 8.24. The Balaban J connectivity index is 1.58. The van der Waals surface area contributed by atoms with Crippen molar-refractivity contribution in [3.05, 3.63) is 60.1 Å². The third kappa shape index (κ3) is 6.44. The maximum Gasteiger partial charge on any atom is 0.329 e. The zero-order valence-electron chi connectivity index (χ0n) is 18.0. The number of nitrogens with one attached hydrogen (secondary N) is 2. The Labute approximate surface area is 182 Å². The predicted molar refractivity (Wildman–Crippen MR) is 115 cm³/mol. The van der Waals surface area contributed by atoms with Crippen LogP contribution in [0.5, 0.6) is 0 Å². The highest BCUT2D eigenvalue weighted by Gasteiger charge is 2.29. The first-order valence-electron chi connectivity index (χ1n) is 10.8. The fourth-order valence-electron chi connectivity index (χ4n) is 3.95. The molecule has 0 unspecified atom stereocenters. The molecule has 1 fully saturated rings. The maximum atomic E-state index is 12.7. The normalized spacial score (nSPS) is 21.7. The third-order valence-electron chi connectivity index (χ3n) is 6.02. The first-order valence-corrected chi connectivity index (χ1v) is 10.8. The van der Waals surface area contributed by atoms with E-state index >= 15 is 0 Å². The van der Waals surface area contributed by atoms with Crippen LogP contribution in [0.15, 0.2) is 53.1 Å². The van der Waals surface area contributed by atoms with E-state index in [-0.39, 0.29) is 30.7 Å². The Morgan fingerprint density at radius 3 is 2.58 bits per heavy atom. The van der Waals surface area contributed by atoms with E-state index in [1.165, 1.54) is 18.8 Å². The number of carbonyl (C=O) groups excluding carboxylic acids is 3. The average molecular weight is 427 g/mol. The van der Waals surface area contributed by atoms with Crippen LogP contribution in [0.1, 0.15) is 49.2 Å². The summed E-state index contributed by atoms with van der Waals surface area (Å²) in [5.41, 5.74) is 0.860. The van der Waals surface area contributed by atoms with Gasteiger partial charge in [0, 0.05) is 12.5 Å². The van der Waals surface area contributed by atoms with Crippen molar-refractivity contribution in [2.24, 2.45) is 11.8 Å². The summed E-state index contributed by atoms with van der Waals surface area (Å²) in [6, 6.07) is 11.6. The zero-order chi connectivity index (χ0) is 22.2. The Kier molecular flexibility index (Phi) is 7.87. The van der Waals surface area contributed by atoms with Gasteiger partial charge in [-0.25, -0.2) is 4.79 Å². The molecule has 2 aromatic rings. The fourth-order valence-corrected chi connectivity index (χ4v) is 3.95. The summed E-state index contributed by atoms with van der Waals surface area (Å²) in [6.07, 6.45) is 4.80. The number of hydrogen-bond donors (Lipinski definition) is 2. The summed E-state index contributed by atoms with van der Waals surface area (Å²) >= 11 is 0. The topological polar surface area (TPSA) is 97.6 Å². The highest BCUT2D eigenvalue weighted by molar-refractivity contribution is 5.94. The second-order valence-electron chi connectivity index (χ2n) is 8.24. The largest absolute Gasteiger partial charge is 0.459 e.